The topological polar surface area (TPSA) is 103 Å². The van der Waals surface area contributed by atoms with Crippen LogP contribution in [0.4, 0.5) is 13.6 Å². The van der Waals surface area contributed by atoms with Crippen molar-refractivity contribution in [3.05, 3.63) is 40.1 Å². The van der Waals surface area contributed by atoms with E-state index in [1.807, 2.05) is 22.5 Å². The number of alkyl carbamates (subject to hydrolysis) is 1. The molecular weight excluding hydrogens is 414 g/mol. The Hall–Kier alpha value is -2.82. The summed E-state index contributed by atoms with van der Waals surface area (Å²) in [4.78, 5) is 22.7. The molecule has 1 fully saturated rings. The van der Waals surface area contributed by atoms with E-state index in [2.05, 4.69) is 15.3 Å². The lowest BCUT2D eigenvalue weighted by atomic mass is 10.0. The number of aliphatic imine (C=N–C) groups is 1. The van der Waals surface area contributed by atoms with Crippen molar-refractivity contribution in [2.75, 3.05) is 26.2 Å². The number of fused-ring (bicyclic) bond motifs is 1. The number of carbonyl (C=O) groups is 1. The maximum absolute atomic E-state index is 12.3. The van der Waals surface area contributed by atoms with Crippen LogP contribution in [0.25, 0.3) is 0 Å². The van der Waals surface area contributed by atoms with Gasteiger partial charge in [0.05, 0.1) is 18.9 Å². The predicted octanol–water partition coefficient (Wildman–Crippen LogP) is 2.96. The minimum atomic E-state index is -2.68. The number of halogens is 2. The van der Waals surface area contributed by atoms with Crippen molar-refractivity contribution >= 4 is 29.0 Å². The lowest BCUT2D eigenvalue weighted by Gasteiger charge is -2.27. The normalized spacial score (nSPS) is 18.6. The van der Waals surface area contributed by atoms with E-state index in [1.165, 1.54) is 17.4 Å². The van der Waals surface area contributed by atoms with E-state index < -0.39 is 12.6 Å². The molecule has 162 valence electrons. The predicted molar refractivity (Wildman–Crippen MR) is 111 cm³/mol. The van der Waals surface area contributed by atoms with Crippen molar-refractivity contribution in [1.82, 2.24) is 20.5 Å². The molecule has 0 spiro atoms. The molecule has 0 bridgehead atoms. The second-order valence-corrected chi connectivity index (χ2v) is 7.72. The number of hydrogen-bond acceptors (Lipinski definition) is 8. The van der Waals surface area contributed by atoms with Crippen LogP contribution in [0.5, 0.6) is 0 Å². The fraction of sp³-hybridized carbons (Fsp3) is 0.474. The summed E-state index contributed by atoms with van der Waals surface area (Å²) in [6.07, 6.45) is 5.05. The summed E-state index contributed by atoms with van der Waals surface area (Å²) in [5, 5.41) is 15.5. The molecule has 1 aromatic rings. The molecule has 3 N–H and O–H groups in total. The summed E-state index contributed by atoms with van der Waals surface area (Å²) in [6, 6.07) is 0. The van der Waals surface area contributed by atoms with Gasteiger partial charge in [-0.2, -0.15) is 8.78 Å². The number of amidine groups is 1. The monoisotopic (exact) mass is 438 g/mol. The number of ether oxygens (including phenoxy) is 1. The molecule has 0 aliphatic carbocycles. The first kappa shape index (κ1) is 21.9. The van der Waals surface area contributed by atoms with Crippen molar-refractivity contribution in [2.45, 2.75) is 26.3 Å². The molecule has 1 aromatic heterocycles. The number of aromatic nitrogens is 1. The highest BCUT2D eigenvalue weighted by molar-refractivity contribution is 7.11. The van der Waals surface area contributed by atoms with E-state index in [4.69, 9.17) is 10.1 Å². The van der Waals surface area contributed by atoms with Crippen molar-refractivity contribution in [3.8, 4) is 0 Å². The first-order chi connectivity index (χ1) is 14.5. The van der Waals surface area contributed by atoms with Gasteiger partial charge in [-0.25, -0.2) is 9.78 Å². The van der Waals surface area contributed by atoms with Gasteiger partial charge in [0.25, 0.3) is 0 Å². The average Bonchev–Trinajstić information content (AvgIpc) is 3.39. The second-order valence-electron chi connectivity index (χ2n) is 6.82. The van der Waals surface area contributed by atoms with Gasteiger partial charge in [-0.15, -0.1) is 11.3 Å². The van der Waals surface area contributed by atoms with Crippen LogP contribution in [0.2, 0.25) is 0 Å². The maximum atomic E-state index is 12.3. The van der Waals surface area contributed by atoms with Crippen LogP contribution in [-0.2, 0) is 4.74 Å². The maximum Gasteiger partial charge on any atom is 0.407 e. The number of nitrogens with zero attached hydrogens (tertiary/aromatic N) is 3. The molecule has 1 saturated heterocycles. The molecule has 1 atom stereocenters. The molecule has 2 aliphatic rings. The average molecular weight is 439 g/mol. The SMILES string of the molecule is CCCNC(=O)OCC1CC2=C(C(=N)/C=C\NC(F)F)CN=C(c3nccs3)N2C1. The Kier molecular flexibility index (Phi) is 7.50. The lowest BCUT2D eigenvalue weighted by molar-refractivity contribution is 0.125. The summed E-state index contributed by atoms with van der Waals surface area (Å²) in [6.45, 7) is 0.916. The van der Waals surface area contributed by atoms with E-state index in [-0.39, 0.29) is 24.8 Å². The Bertz CT molecular complexity index is 853. The number of amides is 1. The molecule has 0 saturated carbocycles. The molecule has 2 aliphatic heterocycles. The fourth-order valence-electron chi connectivity index (χ4n) is 3.29. The van der Waals surface area contributed by atoms with Gasteiger partial charge < -0.3 is 25.7 Å². The largest absolute Gasteiger partial charge is 0.449 e. The van der Waals surface area contributed by atoms with E-state index in [1.54, 1.807) is 6.20 Å². The number of thiazole rings is 1. The smallest absolute Gasteiger partial charge is 0.407 e. The quantitative estimate of drug-likeness (QED) is 0.406. The number of allylic oxidation sites excluding steroid dienone is 2. The molecule has 1 unspecified atom stereocenters. The van der Waals surface area contributed by atoms with Gasteiger partial charge in [0.2, 0.25) is 0 Å². The molecule has 8 nitrogen and oxygen atoms in total. The molecule has 11 heteroatoms. The molecule has 3 rings (SSSR count). The van der Waals surface area contributed by atoms with Crippen LogP contribution < -0.4 is 10.6 Å². The molecule has 0 aromatic carbocycles. The van der Waals surface area contributed by atoms with Crippen LogP contribution in [0.1, 0.15) is 24.8 Å². The Labute approximate surface area is 177 Å². The summed E-state index contributed by atoms with van der Waals surface area (Å²) >= 11 is 1.47. The van der Waals surface area contributed by atoms with Gasteiger partial charge in [-0.05, 0) is 18.9 Å². The molecule has 30 heavy (non-hydrogen) atoms. The summed E-state index contributed by atoms with van der Waals surface area (Å²) in [5.41, 5.74) is 1.68. The Morgan fingerprint density at radius 3 is 3.07 bits per heavy atom. The highest BCUT2D eigenvalue weighted by atomic mass is 32.1. The van der Waals surface area contributed by atoms with Gasteiger partial charge in [0, 0.05) is 48.1 Å². The molecule has 0 radical (unpaired) electrons. The zero-order valence-corrected chi connectivity index (χ0v) is 17.3. The molecule has 1 amide bonds. The van der Waals surface area contributed by atoms with Gasteiger partial charge in [-0.1, -0.05) is 6.92 Å². The number of rotatable bonds is 9. The van der Waals surface area contributed by atoms with Crippen LogP contribution in [0.3, 0.4) is 0 Å². The highest BCUT2D eigenvalue weighted by Gasteiger charge is 2.36. The first-order valence-corrected chi connectivity index (χ1v) is 10.5. The standard InChI is InChI=1S/C19H24F2N6O2S/c1-2-4-25-19(28)29-11-12-8-15-13(14(22)3-5-24-18(20)21)9-26-16(27(15)10-12)17-23-6-7-30-17/h3,5-7,12,18,22,24H,2,4,8-11H2,1H3,(H,25,28)/b5-3-,22-14?. The van der Waals surface area contributed by atoms with Crippen molar-refractivity contribution in [2.24, 2.45) is 10.9 Å². The Morgan fingerprint density at radius 2 is 2.37 bits per heavy atom. The van der Waals surface area contributed by atoms with Crippen LogP contribution >= 0.6 is 11.3 Å². The van der Waals surface area contributed by atoms with Crippen molar-refractivity contribution in [1.29, 1.82) is 5.41 Å². The Balaban J connectivity index is 1.75. The number of nitrogens with one attached hydrogen (secondary N) is 3. The van der Waals surface area contributed by atoms with Crippen molar-refractivity contribution < 1.29 is 18.3 Å². The fourth-order valence-corrected chi connectivity index (χ4v) is 3.95. The van der Waals surface area contributed by atoms with E-state index in [0.29, 0.717) is 25.1 Å². The zero-order chi connectivity index (χ0) is 21.5. The summed E-state index contributed by atoms with van der Waals surface area (Å²) < 4.78 is 29.9. The minimum absolute atomic E-state index is 0.0293. The first-order valence-electron chi connectivity index (χ1n) is 9.63. The minimum Gasteiger partial charge on any atom is -0.449 e. The molecule has 3 heterocycles. The van der Waals surface area contributed by atoms with Crippen molar-refractivity contribution in [3.63, 3.8) is 0 Å². The van der Waals surface area contributed by atoms with Gasteiger partial charge in [-0.3, -0.25) is 4.99 Å². The Morgan fingerprint density at radius 1 is 1.53 bits per heavy atom. The van der Waals surface area contributed by atoms with Gasteiger partial charge in [0.15, 0.2) is 10.8 Å². The lowest BCUT2D eigenvalue weighted by Crippen LogP contribution is -2.34. The summed E-state index contributed by atoms with van der Waals surface area (Å²) in [5.74, 6) is 0.755. The third-order valence-corrected chi connectivity index (χ3v) is 5.40. The number of alkyl halides is 2. The van der Waals surface area contributed by atoms with E-state index >= 15 is 0 Å². The number of hydrogen-bond donors (Lipinski definition) is 3. The third-order valence-electron chi connectivity index (χ3n) is 4.63. The molecular formula is C19H24F2N6O2S. The highest BCUT2D eigenvalue weighted by Crippen LogP contribution is 2.34. The van der Waals surface area contributed by atoms with E-state index in [0.717, 1.165) is 29.2 Å². The van der Waals surface area contributed by atoms with Gasteiger partial charge >= 0.3 is 12.6 Å². The van der Waals surface area contributed by atoms with Gasteiger partial charge in [0.1, 0.15) is 0 Å². The third kappa shape index (κ3) is 5.41. The van der Waals surface area contributed by atoms with E-state index in [9.17, 15) is 13.6 Å². The second kappa shape index (κ2) is 10.3. The van der Waals surface area contributed by atoms with Crippen LogP contribution in [0.15, 0.2) is 40.1 Å². The summed E-state index contributed by atoms with van der Waals surface area (Å²) in [7, 11) is 0. The number of carbonyl (C=O) groups excluding carboxylic acids is 1. The van der Waals surface area contributed by atoms with Crippen LogP contribution in [0, 0.1) is 11.3 Å². The zero-order valence-electron chi connectivity index (χ0n) is 16.5. The van der Waals surface area contributed by atoms with Crippen LogP contribution in [-0.4, -0.2) is 60.3 Å².